The van der Waals surface area contributed by atoms with Crippen molar-refractivity contribution in [1.82, 2.24) is 14.8 Å². The maximum Gasteiger partial charge on any atom is 0.236 e. The number of carbonyl (C=O) groups excluding carboxylic acids is 1. The molecule has 0 bridgehead atoms. The number of rotatable bonds is 9. The van der Waals surface area contributed by atoms with Gasteiger partial charge < -0.3 is 14.4 Å². The molecule has 44 heavy (non-hydrogen) atoms. The maximum atomic E-state index is 12.1. The normalized spacial score (nSPS) is 22.2. The number of carbonyl (C=O) groups is 1. The summed E-state index contributed by atoms with van der Waals surface area (Å²) in [5.74, 6) is 0.956. The monoisotopic (exact) mass is 681 g/mol. The number of nitrogens with one attached hydrogen (secondary N) is 1. The van der Waals surface area contributed by atoms with E-state index in [-0.39, 0.29) is 12.5 Å². The molecule has 2 saturated carbocycles. The van der Waals surface area contributed by atoms with Crippen LogP contribution in [0.15, 0.2) is 40.9 Å². The molecule has 1 saturated heterocycles. The highest BCUT2D eigenvalue weighted by Crippen LogP contribution is 2.46. The fourth-order valence-electron chi connectivity index (χ4n) is 6.52. The molecule has 236 valence electrons. The molecule has 0 unspecified atom stereocenters. The Labute approximate surface area is 272 Å². The molecule has 0 atom stereocenters. The quantitative estimate of drug-likeness (QED) is 0.227. The number of ether oxygens (including phenoxy) is 1. The number of benzene rings is 2. The van der Waals surface area contributed by atoms with Crippen LogP contribution < -0.4 is 9.46 Å². The summed E-state index contributed by atoms with van der Waals surface area (Å²) in [7, 11) is -2.93. The van der Waals surface area contributed by atoms with Gasteiger partial charge in [0.15, 0.2) is 0 Å². The number of hydrogen-bond acceptors (Lipinski definition) is 8. The number of nitrogens with zero attached hydrogens (tertiary/aromatic N) is 2. The highest BCUT2D eigenvalue weighted by molar-refractivity contribution is 7.71. The second-order valence-corrected chi connectivity index (χ2v) is 14.0. The van der Waals surface area contributed by atoms with Crippen LogP contribution in [0.5, 0.6) is 5.75 Å². The van der Waals surface area contributed by atoms with E-state index in [9.17, 15) is 18.3 Å². The van der Waals surface area contributed by atoms with Crippen LogP contribution in [-0.4, -0.2) is 48.6 Å². The fourth-order valence-corrected chi connectivity index (χ4v) is 7.80. The summed E-state index contributed by atoms with van der Waals surface area (Å²) in [6.45, 7) is 1.12. The van der Waals surface area contributed by atoms with Gasteiger partial charge in [0.2, 0.25) is 16.8 Å². The van der Waals surface area contributed by atoms with Crippen molar-refractivity contribution in [2.75, 3.05) is 13.1 Å². The summed E-state index contributed by atoms with van der Waals surface area (Å²) < 4.78 is 35.7. The van der Waals surface area contributed by atoms with E-state index in [2.05, 4.69) is 10.1 Å². The van der Waals surface area contributed by atoms with Crippen LogP contribution in [0.3, 0.4) is 0 Å². The van der Waals surface area contributed by atoms with Crippen LogP contribution in [0, 0.1) is 5.92 Å². The first-order chi connectivity index (χ1) is 21.1. The van der Waals surface area contributed by atoms with Gasteiger partial charge in [0.25, 0.3) is 0 Å². The topological polar surface area (TPSA) is 122 Å². The van der Waals surface area contributed by atoms with Crippen LogP contribution >= 0.6 is 34.8 Å². The molecule has 2 aliphatic carbocycles. The van der Waals surface area contributed by atoms with Crippen LogP contribution in [0.4, 0.5) is 0 Å². The van der Waals surface area contributed by atoms with Gasteiger partial charge in [-0.25, -0.2) is 8.42 Å². The minimum atomic E-state index is -2.93. The number of amides is 1. The molecule has 3 aliphatic rings. The van der Waals surface area contributed by atoms with Gasteiger partial charge >= 0.3 is 0 Å². The van der Waals surface area contributed by atoms with E-state index in [1.165, 1.54) is 0 Å². The van der Waals surface area contributed by atoms with Crippen LogP contribution in [0.2, 0.25) is 15.1 Å². The van der Waals surface area contributed by atoms with E-state index < -0.39 is 22.4 Å². The largest absolute Gasteiger partial charge is 0.489 e. The standard InChI is InChI=1S/C31H34Cl3N3O6S/c32-24-8-3-9-25(33)27(24)28-22(29(43-35-28)18-10-11-18)15-42-21-12-13-23(26(34)14-21)31(39)16-37(17-31)20-6-1-4-19(5-2-7-20)30(38)36-44(40)41/h3,8-9,12-14,18-20,39,44H,1-2,4-7,10-11,15-17H2,(H,36,38,40,41). The summed E-state index contributed by atoms with van der Waals surface area (Å²) in [5, 5.41) is 17.2. The van der Waals surface area contributed by atoms with Gasteiger partial charge in [-0.1, -0.05) is 64.9 Å². The predicted octanol–water partition coefficient (Wildman–Crippen LogP) is 6.24. The molecule has 6 rings (SSSR count). The number of halogens is 3. The zero-order chi connectivity index (χ0) is 31.0. The Morgan fingerprint density at radius 2 is 1.70 bits per heavy atom. The number of aromatic nitrogens is 1. The third kappa shape index (κ3) is 6.76. The Hall–Kier alpha value is -2.34. The summed E-state index contributed by atoms with van der Waals surface area (Å²) in [4.78, 5) is 14.4. The molecule has 2 aromatic carbocycles. The smallest absolute Gasteiger partial charge is 0.236 e. The molecule has 0 spiro atoms. The Balaban J connectivity index is 1.08. The highest BCUT2D eigenvalue weighted by Gasteiger charge is 2.46. The third-order valence-electron chi connectivity index (χ3n) is 8.99. The summed E-state index contributed by atoms with van der Waals surface area (Å²) >= 11 is 19.7. The third-order valence-corrected chi connectivity index (χ3v) is 10.3. The van der Waals surface area contributed by atoms with Crippen molar-refractivity contribution in [3.8, 4) is 17.0 Å². The Kier molecular flexibility index (Phi) is 9.48. The van der Waals surface area contributed by atoms with Crippen molar-refractivity contribution in [1.29, 1.82) is 0 Å². The van der Waals surface area contributed by atoms with Gasteiger partial charge in [0.05, 0.1) is 20.6 Å². The molecule has 9 nitrogen and oxygen atoms in total. The number of hydrogen-bond donors (Lipinski definition) is 3. The second-order valence-electron chi connectivity index (χ2n) is 12.1. The molecular weight excluding hydrogens is 649 g/mol. The van der Waals surface area contributed by atoms with Crippen molar-refractivity contribution in [2.45, 2.75) is 75.5 Å². The summed E-state index contributed by atoms with van der Waals surface area (Å²) in [6.07, 6.45) is 6.77. The lowest BCUT2D eigenvalue weighted by Gasteiger charge is -2.51. The average molecular weight is 683 g/mol. The van der Waals surface area contributed by atoms with Crippen molar-refractivity contribution in [3.05, 3.63) is 68.4 Å². The van der Waals surface area contributed by atoms with Gasteiger partial charge in [0, 0.05) is 42.1 Å². The van der Waals surface area contributed by atoms with E-state index in [1.54, 1.807) is 24.3 Å². The summed E-state index contributed by atoms with van der Waals surface area (Å²) in [5.41, 5.74) is 1.58. The average Bonchev–Trinajstić information content (AvgIpc) is 3.70. The molecule has 2 heterocycles. The van der Waals surface area contributed by atoms with E-state index in [1.807, 2.05) is 16.9 Å². The molecule has 1 aromatic heterocycles. The van der Waals surface area contributed by atoms with E-state index >= 15 is 0 Å². The zero-order valence-corrected chi connectivity index (χ0v) is 27.1. The number of aliphatic hydroxyl groups is 1. The molecular formula is C31H34Cl3N3O6S. The predicted molar refractivity (Wildman–Crippen MR) is 169 cm³/mol. The van der Waals surface area contributed by atoms with Crippen LogP contribution in [-0.2, 0) is 27.9 Å². The Morgan fingerprint density at radius 1 is 1.02 bits per heavy atom. The molecule has 1 aliphatic heterocycles. The van der Waals surface area contributed by atoms with Crippen molar-refractivity contribution < 1.29 is 27.6 Å². The molecule has 2 N–H and O–H groups in total. The molecule has 0 radical (unpaired) electrons. The summed E-state index contributed by atoms with van der Waals surface area (Å²) in [6, 6.07) is 11.0. The van der Waals surface area contributed by atoms with Crippen LogP contribution in [0.1, 0.15) is 74.2 Å². The van der Waals surface area contributed by atoms with Crippen LogP contribution in [0.25, 0.3) is 11.3 Å². The molecule has 3 aromatic rings. The lowest BCUT2D eigenvalue weighted by atomic mass is 9.81. The van der Waals surface area contributed by atoms with Gasteiger partial charge in [0.1, 0.15) is 29.4 Å². The lowest BCUT2D eigenvalue weighted by Crippen LogP contribution is -2.62. The first-order valence-electron chi connectivity index (χ1n) is 14.9. The number of β-amino-alcohol motifs (C(OH)–C–C–N with tert-alkyl or cyclic N) is 1. The minimum absolute atomic E-state index is 0.194. The lowest BCUT2D eigenvalue weighted by molar-refractivity contribution is -0.127. The Morgan fingerprint density at radius 3 is 2.32 bits per heavy atom. The van der Waals surface area contributed by atoms with Gasteiger partial charge in [-0.15, -0.1) is 0 Å². The molecule has 3 fully saturated rings. The number of thiol groups is 1. The molecule has 1 amide bonds. The van der Waals surface area contributed by atoms with Crippen molar-refractivity contribution in [3.63, 3.8) is 0 Å². The van der Waals surface area contributed by atoms with E-state index in [0.29, 0.717) is 75.5 Å². The maximum absolute atomic E-state index is 12.1. The highest BCUT2D eigenvalue weighted by atomic mass is 35.5. The van der Waals surface area contributed by atoms with Gasteiger partial charge in [-0.2, -0.15) is 0 Å². The second kappa shape index (κ2) is 13.2. The van der Waals surface area contributed by atoms with Crippen molar-refractivity contribution >= 4 is 51.6 Å². The molecule has 13 heteroatoms. The van der Waals surface area contributed by atoms with E-state index in [0.717, 1.165) is 49.8 Å². The van der Waals surface area contributed by atoms with Crippen molar-refractivity contribution in [2.24, 2.45) is 5.92 Å². The first kappa shape index (κ1) is 31.6. The Bertz CT molecular complexity index is 1580. The van der Waals surface area contributed by atoms with E-state index in [4.69, 9.17) is 44.1 Å². The van der Waals surface area contributed by atoms with Gasteiger partial charge in [-0.3, -0.25) is 14.4 Å². The number of likely N-dealkylation sites (tertiary alicyclic amines) is 1. The first-order valence-corrected chi connectivity index (χ1v) is 17.2. The fraction of sp³-hybridized carbons (Fsp3) is 0.484. The zero-order valence-electron chi connectivity index (χ0n) is 23.9. The van der Waals surface area contributed by atoms with Gasteiger partial charge in [-0.05, 0) is 62.8 Å². The minimum Gasteiger partial charge on any atom is -0.489 e. The SMILES string of the molecule is O=C(N[SH](=O)=O)C1CCCC(N2CC(O)(c3ccc(OCc4c(-c5c(Cl)cccc5Cl)noc4C4CC4)cc3Cl)C2)CCC1.